The summed E-state index contributed by atoms with van der Waals surface area (Å²) < 4.78 is 5.58. The standard InChI is InChI=1S/C18H32O4/c1-2-3-7-10-15(19)13-14-17-16(22-17)11-8-5-4-6-9-12-18(20)21/h13-17,19H,2-12H2,1H3,(H,20,21)/b14-13+/t15-,16?,17?/m0/s1. The first-order valence-electron chi connectivity index (χ1n) is 8.87. The first-order valence-corrected chi connectivity index (χ1v) is 8.87. The highest BCUT2D eigenvalue weighted by atomic mass is 16.6. The zero-order valence-electron chi connectivity index (χ0n) is 13.9. The predicted octanol–water partition coefficient (Wildman–Crippen LogP) is 4.07. The van der Waals surface area contributed by atoms with Crippen LogP contribution in [0.2, 0.25) is 0 Å². The molecule has 22 heavy (non-hydrogen) atoms. The molecular weight excluding hydrogens is 280 g/mol. The molecule has 4 heteroatoms. The van der Waals surface area contributed by atoms with Crippen LogP contribution in [0.1, 0.15) is 77.6 Å². The van der Waals surface area contributed by atoms with Gasteiger partial charge < -0.3 is 14.9 Å². The second-order valence-corrected chi connectivity index (χ2v) is 6.29. The lowest BCUT2D eigenvalue weighted by Crippen LogP contribution is -2.02. The molecule has 0 bridgehead atoms. The Morgan fingerprint density at radius 1 is 1.14 bits per heavy atom. The topological polar surface area (TPSA) is 70.1 Å². The third-order valence-electron chi connectivity index (χ3n) is 4.13. The minimum absolute atomic E-state index is 0.202. The van der Waals surface area contributed by atoms with Crippen LogP contribution in [-0.4, -0.2) is 34.5 Å². The summed E-state index contributed by atoms with van der Waals surface area (Å²) in [6.07, 6.45) is 14.9. The van der Waals surface area contributed by atoms with Gasteiger partial charge in [0.05, 0.1) is 12.2 Å². The molecule has 1 rings (SSSR count). The fourth-order valence-electron chi connectivity index (χ4n) is 2.65. The number of carboxylic acid groups (broad SMARTS) is 1. The summed E-state index contributed by atoms with van der Waals surface area (Å²) in [7, 11) is 0. The van der Waals surface area contributed by atoms with Crippen molar-refractivity contribution in [3.8, 4) is 0 Å². The van der Waals surface area contributed by atoms with Crippen molar-refractivity contribution >= 4 is 5.97 Å². The number of ether oxygens (including phenoxy) is 1. The Labute approximate surface area is 134 Å². The van der Waals surface area contributed by atoms with Crippen molar-refractivity contribution in [2.24, 2.45) is 0 Å². The molecule has 0 aromatic rings. The van der Waals surface area contributed by atoms with Crippen LogP contribution in [0.3, 0.4) is 0 Å². The molecule has 1 heterocycles. The Morgan fingerprint density at radius 2 is 1.86 bits per heavy atom. The minimum atomic E-state index is -0.696. The van der Waals surface area contributed by atoms with Crippen molar-refractivity contribution in [1.29, 1.82) is 0 Å². The normalized spacial score (nSPS) is 22.1. The van der Waals surface area contributed by atoms with Crippen LogP contribution in [0.25, 0.3) is 0 Å². The first kappa shape index (κ1) is 19.2. The number of carbonyl (C=O) groups is 1. The second kappa shape index (κ2) is 11.7. The molecular formula is C18H32O4. The van der Waals surface area contributed by atoms with Gasteiger partial charge in [0, 0.05) is 6.42 Å². The summed E-state index contributed by atoms with van der Waals surface area (Å²) in [6.45, 7) is 2.16. The molecule has 0 aromatic carbocycles. The third kappa shape index (κ3) is 9.96. The number of aliphatic carboxylic acids is 1. The van der Waals surface area contributed by atoms with Crippen LogP contribution in [0.4, 0.5) is 0 Å². The molecule has 0 saturated carbocycles. The molecule has 1 fully saturated rings. The van der Waals surface area contributed by atoms with Crippen molar-refractivity contribution in [2.75, 3.05) is 0 Å². The zero-order valence-corrected chi connectivity index (χ0v) is 13.9. The molecule has 0 radical (unpaired) electrons. The van der Waals surface area contributed by atoms with E-state index in [1.54, 1.807) is 0 Å². The van der Waals surface area contributed by atoms with Gasteiger partial charge in [-0.05, 0) is 19.3 Å². The van der Waals surface area contributed by atoms with E-state index in [0.29, 0.717) is 12.5 Å². The van der Waals surface area contributed by atoms with E-state index < -0.39 is 5.97 Å². The van der Waals surface area contributed by atoms with Crippen LogP contribution in [-0.2, 0) is 9.53 Å². The number of rotatable bonds is 14. The minimum Gasteiger partial charge on any atom is -0.481 e. The van der Waals surface area contributed by atoms with E-state index in [1.165, 1.54) is 12.8 Å². The monoisotopic (exact) mass is 312 g/mol. The molecule has 1 aliphatic heterocycles. The van der Waals surface area contributed by atoms with Gasteiger partial charge in [-0.2, -0.15) is 0 Å². The molecule has 0 amide bonds. The lowest BCUT2D eigenvalue weighted by atomic mass is 10.1. The molecule has 0 spiro atoms. The SMILES string of the molecule is CCCCC[C@H](O)/C=C/C1OC1CCCCCCCC(=O)O. The molecule has 1 saturated heterocycles. The average Bonchev–Trinajstić information content (AvgIpc) is 3.22. The molecule has 3 atom stereocenters. The lowest BCUT2D eigenvalue weighted by Gasteiger charge is -2.03. The van der Waals surface area contributed by atoms with Gasteiger partial charge in [0.15, 0.2) is 0 Å². The van der Waals surface area contributed by atoms with Gasteiger partial charge in [-0.1, -0.05) is 64.0 Å². The maximum Gasteiger partial charge on any atom is 0.303 e. The Morgan fingerprint density at radius 3 is 2.59 bits per heavy atom. The van der Waals surface area contributed by atoms with Crippen LogP contribution in [0, 0.1) is 0 Å². The number of aliphatic hydroxyl groups excluding tert-OH is 1. The van der Waals surface area contributed by atoms with Crippen LogP contribution >= 0.6 is 0 Å². The number of hydrogen-bond donors (Lipinski definition) is 2. The number of unbranched alkanes of at least 4 members (excludes halogenated alkanes) is 6. The van der Waals surface area contributed by atoms with Crippen molar-refractivity contribution < 1.29 is 19.7 Å². The summed E-state index contributed by atoms with van der Waals surface area (Å²) in [4.78, 5) is 10.4. The average molecular weight is 312 g/mol. The molecule has 1 aliphatic rings. The summed E-state index contributed by atoms with van der Waals surface area (Å²) >= 11 is 0. The molecule has 4 nitrogen and oxygen atoms in total. The number of aliphatic hydroxyl groups is 1. The van der Waals surface area contributed by atoms with Gasteiger partial charge in [0.2, 0.25) is 0 Å². The van der Waals surface area contributed by atoms with E-state index in [0.717, 1.165) is 51.4 Å². The van der Waals surface area contributed by atoms with Crippen molar-refractivity contribution in [1.82, 2.24) is 0 Å². The van der Waals surface area contributed by atoms with E-state index in [4.69, 9.17) is 9.84 Å². The number of carboxylic acids is 1. The fraction of sp³-hybridized carbons (Fsp3) is 0.833. The highest BCUT2D eigenvalue weighted by Gasteiger charge is 2.35. The summed E-state index contributed by atoms with van der Waals surface area (Å²) in [5, 5.41) is 18.3. The van der Waals surface area contributed by atoms with Gasteiger partial charge in [-0.15, -0.1) is 0 Å². The Bertz CT molecular complexity index is 327. The Balaban J connectivity index is 1.92. The smallest absolute Gasteiger partial charge is 0.303 e. The van der Waals surface area contributed by atoms with Crippen molar-refractivity contribution in [2.45, 2.75) is 95.9 Å². The third-order valence-corrected chi connectivity index (χ3v) is 4.13. The fourth-order valence-corrected chi connectivity index (χ4v) is 2.65. The maximum atomic E-state index is 10.4. The largest absolute Gasteiger partial charge is 0.481 e. The van der Waals surface area contributed by atoms with Crippen LogP contribution in [0.5, 0.6) is 0 Å². The van der Waals surface area contributed by atoms with Gasteiger partial charge >= 0.3 is 5.97 Å². The molecule has 128 valence electrons. The molecule has 2 N–H and O–H groups in total. The van der Waals surface area contributed by atoms with E-state index in [1.807, 2.05) is 12.2 Å². The number of epoxide rings is 1. The number of hydrogen-bond acceptors (Lipinski definition) is 3. The quantitative estimate of drug-likeness (QED) is 0.288. The van der Waals surface area contributed by atoms with Crippen molar-refractivity contribution in [3.63, 3.8) is 0 Å². The maximum absolute atomic E-state index is 10.4. The predicted molar refractivity (Wildman–Crippen MR) is 87.9 cm³/mol. The highest BCUT2D eigenvalue weighted by molar-refractivity contribution is 5.66. The summed E-state index contributed by atoms with van der Waals surface area (Å²) in [6, 6.07) is 0. The molecule has 0 aliphatic carbocycles. The van der Waals surface area contributed by atoms with Crippen LogP contribution < -0.4 is 0 Å². The van der Waals surface area contributed by atoms with E-state index in [-0.39, 0.29) is 12.2 Å². The molecule has 0 aromatic heterocycles. The first-order chi connectivity index (χ1) is 10.6. The summed E-state index contributed by atoms with van der Waals surface area (Å²) in [5.74, 6) is -0.696. The second-order valence-electron chi connectivity index (χ2n) is 6.29. The highest BCUT2D eigenvalue weighted by Crippen LogP contribution is 2.29. The van der Waals surface area contributed by atoms with E-state index >= 15 is 0 Å². The van der Waals surface area contributed by atoms with Gasteiger partial charge in [-0.25, -0.2) is 0 Å². The Hall–Kier alpha value is -0.870. The van der Waals surface area contributed by atoms with E-state index in [9.17, 15) is 9.90 Å². The van der Waals surface area contributed by atoms with Crippen molar-refractivity contribution in [3.05, 3.63) is 12.2 Å². The zero-order chi connectivity index (χ0) is 16.2. The van der Waals surface area contributed by atoms with E-state index in [2.05, 4.69) is 6.92 Å². The van der Waals surface area contributed by atoms with Gasteiger partial charge in [-0.3, -0.25) is 4.79 Å². The molecule has 2 unspecified atom stereocenters. The van der Waals surface area contributed by atoms with Crippen LogP contribution in [0.15, 0.2) is 12.2 Å². The summed E-state index contributed by atoms with van der Waals surface area (Å²) in [5.41, 5.74) is 0. The Kier molecular flexibility index (Phi) is 10.2. The van der Waals surface area contributed by atoms with Gasteiger partial charge in [0.25, 0.3) is 0 Å². The van der Waals surface area contributed by atoms with Gasteiger partial charge in [0.1, 0.15) is 6.10 Å². The lowest BCUT2D eigenvalue weighted by molar-refractivity contribution is -0.137.